The Labute approximate surface area is 176 Å². The minimum Gasteiger partial charge on any atom is -0.484 e. The van der Waals surface area contributed by atoms with Crippen LogP contribution >= 0.6 is 0 Å². The molecule has 2 heterocycles. The molecule has 0 radical (unpaired) electrons. The van der Waals surface area contributed by atoms with E-state index in [2.05, 4.69) is 20.2 Å². The Morgan fingerprint density at radius 1 is 1.03 bits per heavy atom. The van der Waals surface area contributed by atoms with Crippen LogP contribution in [0.3, 0.4) is 0 Å². The number of ether oxygens (including phenoxy) is 2. The van der Waals surface area contributed by atoms with E-state index in [4.69, 9.17) is 9.47 Å². The summed E-state index contributed by atoms with van der Waals surface area (Å²) in [5, 5.41) is 5.02. The van der Waals surface area contributed by atoms with Crippen LogP contribution in [0.15, 0.2) is 48.5 Å². The minimum atomic E-state index is -0.191. The first-order valence-electron chi connectivity index (χ1n) is 10.3. The molecule has 1 aliphatic heterocycles. The number of nitrogens with zero attached hydrogens (tertiary/aromatic N) is 3. The van der Waals surface area contributed by atoms with Gasteiger partial charge in [-0.1, -0.05) is 30.3 Å². The number of hydrogen-bond acceptors (Lipinski definition) is 6. The number of amides is 1. The Balaban J connectivity index is 1.21. The fourth-order valence-electron chi connectivity index (χ4n) is 3.51. The summed E-state index contributed by atoms with van der Waals surface area (Å²) in [7, 11) is 0. The van der Waals surface area contributed by atoms with Gasteiger partial charge in [0.1, 0.15) is 24.0 Å². The lowest BCUT2D eigenvalue weighted by Gasteiger charge is -2.17. The molecule has 156 valence electrons. The number of aryl methyl sites for hydroxylation is 1. The Morgan fingerprint density at radius 2 is 1.83 bits per heavy atom. The van der Waals surface area contributed by atoms with Crippen LogP contribution in [0.1, 0.15) is 18.7 Å². The number of benzene rings is 2. The second kappa shape index (κ2) is 9.43. The summed E-state index contributed by atoms with van der Waals surface area (Å²) in [5.74, 6) is 2.60. The van der Waals surface area contributed by atoms with Gasteiger partial charge in [-0.15, -0.1) is 0 Å². The van der Waals surface area contributed by atoms with Gasteiger partial charge in [-0.05, 0) is 42.7 Å². The van der Waals surface area contributed by atoms with Crippen molar-refractivity contribution in [1.82, 2.24) is 15.3 Å². The zero-order chi connectivity index (χ0) is 20.8. The zero-order valence-electron chi connectivity index (χ0n) is 17.1. The molecule has 2 aromatic carbocycles. The lowest BCUT2D eigenvalue weighted by molar-refractivity contribution is -0.123. The maximum atomic E-state index is 12.0. The van der Waals surface area contributed by atoms with Crippen molar-refractivity contribution in [2.75, 3.05) is 37.7 Å². The number of carbonyl (C=O) groups excluding carboxylic acids is 1. The third-order valence-electron chi connectivity index (χ3n) is 5.00. The summed E-state index contributed by atoms with van der Waals surface area (Å²) in [4.78, 5) is 23.1. The predicted molar refractivity (Wildman–Crippen MR) is 116 cm³/mol. The molecule has 0 saturated carbocycles. The van der Waals surface area contributed by atoms with E-state index in [1.165, 1.54) is 12.8 Å². The van der Waals surface area contributed by atoms with Gasteiger partial charge in [0.25, 0.3) is 5.91 Å². The Morgan fingerprint density at radius 3 is 2.67 bits per heavy atom. The fourth-order valence-corrected chi connectivity index (χ4v) is 3.51. The normalized spacial score (nSPS) is 13.4. The molecule has 0 spiro atoms. The molecule has 7 heteroatoms. The molecule has 1 N–H and O–H groups in total. The average molecular weight is 406 g/mol. The third-order valence-corrected chi connectivity index (χ3v) is 5.00. The molecule has 0 unspecified atom stereocenters. The SMILES string of the molecule is Cc1nc(OCCNC(=O)COc2ccc3ccccc3c2)cc(N2CCCC2)n1. The molecule has 7 nitrogen and oxygen atoms in total. The van der Waals surface area contributed by atoms with Gasteiger partial charge in [-0.3, -0.25) is 4.79 Å². The van der Waals surface area contributed by atoms with Gasteiger partial charge in [0.15, 0.2) is 6.61 Å². The highest BCUT2D eigenvalue weighted by Crippen LogP contribution is 2.22. The fraction of sp³-hybridized carbons (Fsp3) is 0.348. The van der Waals surface area contributed by atoms with Crippen molar-refractivity contribution in [3.63, 3.8) is 0 Å². The van der Waals surface area contributed by atoms with Crippen molar-refractivity contribution in [1.29, 1.82) is 0 Å². The van der Waals surface area contributed by atoms with Crippen molar-refractivity contribution >= 4 is 22.5 Å². The van der Waals surface area contributed by atoms with E-state index in [0.29, 0.717) is 30.6 Å². The summed E-state index contributed by atoms with van der Waals surface area (Å²) in [6.45, 7) is 4.56. The quantitative estimate of drug-likeness (QED) is 0.579. The molecule has 0 aliphatic carbocycles. The van der Waals surface area contributed by atoms with Crippen molar-refractivity contribution in [2.45, 2.75) is 19.8 Å². The number of rotatable bonds is 8. The van der Waals surface area contributed by atoms with Crippen molar-refractivity contribution in [3.8, 4) is 11.6 Å². The van der Waals surface area contributed by atoms with E-state index in [0.717, 1.165) is 29.7 Å². The number of hydrogen-bond donors (Lipinski definition) is 1. The largest absolute Gasteiger partial charge is 0.484 e. The third kappa shape index (κ3) is 5.17. The van der Waals surface area contributed by atoms with Crippen LogP contribution in [0, 0.1) is 6.92 Å². The second-order valence-corrected chi connectivity index (χ2v) is 7.30. The topological polar surface area (TPSA) is 76.6 Å². The first-order valence-corrected chi connectivity index (χ1v) is 10.3. The first-order chi connectivity index (χ1) is 14.7. The summed E-state index contributed by atoms with van der Waals surface area (Å²) in [6, 6.07) is 15.7. The Bertz CT molecular complexity index is 1020. The molecule has 0 atom stereocenters. The van der Waals surface area contributed by atoms with Gasteiger partial charge in [0.2, 0.25) is 5.88 Å². The highest BCUT2D eigenvalue weighted by Gasteiger charge is 2.15. The Hall–Kier alpha value is -3.35. The molecule has 3 aromatic rings. The molecular formula is C23H26N4O3. The van der Waals surface area contributed by atoms with Gasteiger partial charge in [0, 0.05) is 19.2 Å². The number of fused-ring (bicyclic) bond motifs is 1. The van der Waals surface area contributed by atoms with Crippen LogP contribution in [0.25, 0.3) is 10.8 Å². The van der Waals surface area contributed by atoms with E-state index >= 15 is 0 Å². The predicted octanol–water partition coefficient (Wildman–Crippen LogP) is 3.11. The standard InChI is InChI=1S/C23H26N4O3/c1-17-25-21(27-11-4-5-12-27)15-23(26-17)29-13-10-24-22(28)16-30-20-9-8-18-6-2-3-7-19(18)14-20/h2-3,6-9,14-15H,4-5,10-13,16H2,1H3,(H,24,28). The van der Waals surface area contributed by atoms with Crippen LogP contribution in [0.2, 0.25) is 0 Å². The van der Waals surface area contributed by atoms with Gasteiger partial charge in [-0.25, -0.2) is 4.98 Å². The van der Waals surface area contributed by atoms with Gasteiger partial charge in [0.05, 0.1) is 6.54 Å². The lowest BCUT2D eigenvalue weighted by atomic mass is 10.1. The zero-order valence-corrected chi connectivity index (χ0v) is 17.1. The molecule has 0 bridgehead atoms. The molecule has 1 fully saturated rings. The maximum absolute atomic E-state index is 12.0. The molecule has 1 saturated heterocycles. The van der Waals surface area contributed by atoms with Crippen LogP contribution in [-0.4, -0.2) is 48.7 Å². The summed E-state index contributed by atoms with van der Waals surface area (Å²) in [5.41, 5.74) is 0. The number of aromatic nitrogens is 2. The molecule has 1 aliphatic rings. The lowest BCUT2D eigenvalue weighted by Crippen LogP contribution is -2.32. The first kappa shape index (κ1) is 19.9. The smallest absolute Gasteiger partial charge is 0.258 e. The van der Waals surface area contributed by atoms with Gasteiger partial charge >= 0.3 is 0 Å². The summed E-state index contributed by atoms with van der Waals surface area (Å²) < 4.78 is 11.3. The number of nitrogens with one attached hydrogen (secondary N) is 1. The molecule has 4 rings (SSSR count). The van der Waals surface area contributed by atoms with Crippen LogP contribution in [-0.2, 0) is 4.79 Å². The highest BCUT2D eigenvalue weighted by atomic mass is 16.5. The molecular weight excluding hydrogens is 380 g/mol. The average Bonchev–Trinajstić information content (AvgIpc) is 3.30. The Kier molecular flexibility index (Phi) is 6.27. The van der Waals surface area contributed by atoms with E-state index in [9.17, 15) is 4.79 Å². The maximum Gasteiger partial charge on any atom is 0.258 e. The van der Waals surface area contributed by atoms with E-state index in [1.54, 1.807) is 0 Å². The molecule has 1 amide bonds. The van der Waals surface area contributed by atoms with Gasteiger partial charge in [-0.2, -0.15) is 4.98 Å². The summed E-state index contributed by atoms with van der Waals surface area (Å²) >= 11 is 0. The van der Waals surface area contributed by atoms with Crippen LogP contribution in [0.4, 0.5) is 5.82 Å². The molecule has 30 heavy (non-hydrogen) atoms. The van der Waals surface area contributed by atoms with Crippen LogP contribution in [0.5, 0.6) is 11.6 Å². The highest BCUT2D eigenvalue weighted by molar-refractivity contribution is 5.84. The molecule has 1 aromatic heterocycles. The minimum absolute atomic E-state index is 0.0376. The number of anilines is 1. The van der Waals surface area contributed by atoms with Crippen molar-refractivity contribution in [2.24, 2.45) is 0 Å². The number of carbonyl (C=O) groups is 1. The van der Waals surface area contributed by atoms with Crippen molar-refractivity contribution < 1.29 is 14.3 Å². The van der Waals surface area contributed by atoms with E-state index in [-0.39, 0.29) is 12.5 Å². The van der Waals surface area contributed by atoms with Gasteiger partial charge < -0.3 is 19.7 Å². The van der Waals surface area contributed by atoms with E-state index in [1.807, 2.05) is 55.5 Å². The van der Waals surface area contributed by atoms with Crippen LogP contribution < -0.4 is 19.7 Å². The van der Waals surface area contributed by atoms with Crippen molar-refractivity contribution in [3.05, 3.63) is 54.4 Å². The summed E-state index contributed by atoms with van der Waals surface area (Å²) in [6.07, 6.45) is 2.37. The second-order valence-electron chi connectivity index (χ2n) is 7.30. The van der Waals surface area contributed by atoms with E-state index < -0.39 is 0 Å². The monoisotopic (exact) mass is 406 g/mol.